The normalized spacial score (nSPS) is 13.3. The molecule has 1 aliphatic heterocycles. The summed E-state index contributed by atoms with van der Waals surface area (Å²) in [5, 5.41) is 3.35. The summed E-state index contributed by atoms with van der Waals surface area (Å²) < 4.78 is 0. The average molecular weight is 234 g/mol. The molecule has 2 aromatic rings. The van der Waals surface area contributed by atoms with Gasteiger partial charge in [-0.05, 0) is 23.8 Å². The molecule has 0 radical (unpaired) electrons. The molecular weight excluding hydrogens is 220 g/mol. The predicted octanol–water partition coefficient (Wildman–Crippen LogP) is 2.13. The average Bonchev–Trinajstić information content (AvgIpc) is 2.46. The molecule has 88 valence electrons. The van der Waals surface area contributed by atoms with Crippen molar-refractivity contribution in [2.75, 3.05) is 6.54 Å². The maximum Gasteiger partial charge on any atom is 0.0462 e. The minimum Gasteiger partial charge on any atom is -0.312 e. The highest BCUT2D eigenvalue weighted by molar-refractivity contribution is 5.43. The van der Waals surface area contributed by atoms with E-state index >= 15 is 0 Å². The van der Waals surface area contributed by atoms with Crippen molar-refractivity contribution in [2.45, 2.75) is 13.0 Å². The van der Waals surface area contributed by atoms with Gasteiger partial charge >= 0.3 is 0 Å². The van der Waals surface area contributed by atoms with Gasteiger partial charge in [0.15, 0.2) is 0 Å². The van der Waals surface area contributed by atoms with Gasteiger partial charge in [0.2, 0.25) is 0 Å². The van der Waals surface area contributed by atoms with Gasteiger partial charge in [0.1, 0.15) is 0 Å². The summed E-state index contributed by atoms with van der Waals surface area (Å²) in [4.78, 5) is 4.49. The molecule has 0 unspecified atom stereocenters. The summed E-state index contributed by atoms with van der Waals surface area (Å²) in [7, 11) is 0. The summed E-state index contributed by atoms with van der Waals surface area (Å²) in [5.74, 6) is 6.33. The van der Waals surface area contributed by atoms with Gasteiger partial charge in [-0.15, -0.1) is 0 Å². The number of benzene rings is 1. The zero-order valence-corrected chi connectivity index (χ0v) is 10.1. The molecule has 1 aliphatic rings. The van der Waals surface area contributed by atoms with E-state index in [0.717, 1.165) is 30.6 Å². The number of rotatable bonds is 0. The van der Waals surface area contributed by atoms with E-state index < -0.39 is 0 Å². The van der Waals surface area contributed by atoms with Crippen molar-refractivity contribution in [3.8, 4) is 11.8 Å². The Morgan fingerprint density at radius 3 is 2.78 bits per heavy atom. The summed E-state index contributed by atoms with van der Waals surface area (Å²) >= 11 is 0. The molecule has 0 aliphatic carbocycles. The lowest BCUT2D eigenvalue weighted by atomic mass is 10.1. The molecule has 3 rings (SSSR count). The van der Waals surface area contributed by atoms with Gasteiger partial charge in [-0.2, -0.15) is 0 Å². The van der Waals surface area contributed by atoms with Crippen LogP contribution in [0, 0.1) is 11.8 Å². The first-order valence-electron chi connectivity index (χ1n) is 6.17. The lowest BCUT2D eigenvalue weighted by Gasteiger charge is -2.15. The molecule has 1 aromatic carbocycles. The molecule has 0 atom stereocenters. The Morgan fingerprint density at radius 1 is 1.06 bits per heavy atom. The number of hydrogen-bond acceptors (Lipinski definition) is 2. The Morgan fingerprint density at radius 2 is 1.89 bits per heavy atom. The maximum absolute atomic E-state index is 4.49. The van der Waals surface area contributed by atoms with E-state index in [9.17, 15) is 0 Å². The summed E-state index contributed by atoms with van der Waals surface area (Å²) in [5.41, 5.74) is 4.51. The zero-order valence-electron chi connectivity index (χ0n) is 10.1. The lowest BCUT2D eigenvalue weighted by molar-refractivity contribution is 0.630. The molecule has 0 bridgehead atoms. The van der Waals surface area contributed by atoms with E-state index in [4.69, 9.17) is 0 Å². The molecule has 0 fully saturated rings. The SMILES string of the molecule is C(#Cc1cnc2c(c1)CNCC2)c1ccccc1. The molecule has 1 aromatic heterocycles. The van der Waals surface area contributed by atoms with Gasteiger partial charge in [-0.1, -0.05) is 30.0 Å². The fourth-order valence-corrected chi connectivity index (χ4v) is 2.08. The second-order valence-corrected chi connectivity index (χ2v) is 4.37. The molecule has 0 saturated heterocycles. The first-order valence-corrected chi connectivity index (χ1v) is 6.17. The Labute approximate surface area is 107 Å². The highest BCUT2D eigenvalue weighted by Crippen LogP contribution is 2.12. The molecule has 0 amide bonds. The fourth-order valence-electron chi connectivity index (χ4n) is 2.08. The van der Waals surface area contributed by atoms with Crippen LogP contribution in [0.15, 0.2) is 42.6 Å². The van der Waals surface area contributed by atoms with Gasteiger partial charge in [0.05, 0.1) is 0 Å². The van der Waals surface area contributed by atoms with Gasteiger partial charge < -0.3 is 5.32 Å². The second kappa shape index (κ2) is 5.03. The summed E-state index contributed by atoms with van der Waals surface area (Å²) in [6, 6.07) is 12.2. The number of aromatic nitrogens is 1. The molecule has 18 heavy (non-hydrogen) atoms. The van der Waals surface area contributed by atoms with Crippen LogP contribution in [-0.4, -0.2) is 11.5 Å². The first-order chi connectivity index (χ1) is 8.92. The third-order valence-electron chi connectivity index (χ3n) is 3.04. The van der Waals surface area contributed by atoms with E-state index in [2.05, 4.69) is 28.2 Å². The zero-order chi connectivity index (χ0) is 12.2. The fraction of sp³-hybridized carbons (Fsp3) is 0.188. The van der Waals surface area contributed by atoms with Crippen LogP contribution in [0.2, 0.25) is 0 Å². The van der Waals surface area contributed by atoms with Crippen molar-refractivity contribution >= 4 is 0 Å². The second-order valence-electron chi connectivity index (χ2n) is 4.37. The van der Waals surface area contributed by atoms with Crippen molar-refractivity contribution in [3.05, 3.63) is 65.0 Å². The number of pyridine rings is 1. The number of hydrogen-bond donors (Lipinski definition) is 1. The predicted molar refractivity (Wildman–Crippen MR) is 72.1 cm³/mol. The van der Waals surface area contributed by atoms with Gasteiger partial charge in [0, 0.05) is 42.5 Å². The van der Waals surface area contributed by atoms with Gasteiger partial charge in [-0.3, -0.25) is 4.98 Å². The largest absolute Gasteiger partial charge is 0.312 e. The van der Waals surface area contributed by atoms with Crippen LogP contribution in [0.1, 0.15) is 22.4 Å². The van der Waals surface area contributed by atoms with E-state index in [1.807, 2.05) is 36.5 Å². The Balaban J connectivity index is 1.88. The first kappa shape index (κ1) is 11.0. The highest BCUT2D eigenvalue weighted by atomic mass is 14.9. The van der Waals surface area contributed by atoms with Crippen LogP contribution < -0.4 is 5.32 Å². The summed E-state index contributed by atoms with van der Waals surface area (Å²) in [6.45, 7) is 1.93. The van der Waals surface area contributed by atoms with Crippen LogP contribution in [0.5, 0.6) is 0 Å². The van der Waals surface area contributed by atoms with Crippen LogP contribution in [0.25, 0.3) is 0 Å². The maximum atomic E-state index is 4.49. The van der Waals surface area contributed by atoms with E-state index in [1.54, 1.807) is 0 Å². The van der Waals surface area contributed by atoms with Crippen LogP contribution in [0.4, 0.5) is 0 Å². The van der Waals surface area contributed by atoms with E-state index in [-0.39, 0.29) is 0 Å². The molecule has 2 nitrogen and oxygen atoms in total. The molecule has 1 N–H and O–H groups in total. The molecule has 0 saturated carbocycles. The van der Waals surface area contributed by atoms with Crippen LogP contribution in [0.3, 0.4) is 0 Å². The Hall–Kier alpha value is -2.11. The molecular formula is C16H14N2. The van der Waals surface area contributed by atoms with Crippen molar-refractivity contribution in [3.63, 3.8) is 0 Å². The minimum absolute atomic E-state index is 0.906. The standard InChI is InChI=1S/C16H14N2/c1-2-4-13(5-3-1)6-7-14-10-15-12-17-9-8-16(15)18-11-14/h1-5,10-11,17H,8-9,12H2. The minimum atomic E-state index is 0.906. The van der Waals surface area contributed by atoms with E-state index in [1.165, 1.54) is 11.3 Å². The molecule has 0 spiro atoms. The highest BCUT2D eigenvalue weighted by Gasteiger charge is 2.09. The topological polar surface area (TPSA) is 24.9 Å². The quantitative estimate of drug-likeness (QED) is 0.706. The number of fused-ring (bicyclic) bond motifs is 1. The van der Waals surface area contributed by atoms with Crippen molar-refractivity contribution in [2.24, 2.45) is 0 Å². The summed E-state index contributed by atoms with van der Waals surface area (Å²) in [6.07, 6.45) is 2.89. The molecule has 2 heterocycles. The van der Waals surface area contributed by atoms with Crippen LogP contribution in [-0.2, 0) is 13.0 Å². The van der Waals surface area contributed by atoms with Gasteiger partial charge in [0.25, 0.3) is 0 Å². The monoisotopic (exact) mass is 234 g/mol. The lowest BCUT2D eigenvalue weighted by Crippen LogP contribution is -2.24. The number of nitrogens with zero attached hydrogens (tertiary/aromatic N) is 1. The smallest absolute Gasteiger partial charge is 0.0462 e. The van der Waals surface area contributed by atoms with Crippen molar-refractivity contribution < 1.29 is 0 Å². The van der Waals surface area contributed by atoms with Crippen LogP contribution >= 0.6 is 0 Å². The van der Waals surface area contributed by atoms with Crippen molar-refractivity contribution in [1.29, 1.82) is 0 Å². The Kier molecular flexibility index (Phi) is 3.08. The molecule has 2 heteroatoms. The third kappa shape index (κ3) is 2.42. The van der Waals surface area contributed by atoms with Gasteiger partial charge in [-0.25, -0.2) is 0 Å². The van der Waals surface area contributed by atoms with E-state index in [0.29, 0.717) is 0 Å². The van der Waals surface area contributed by atoms with Crippen molar-refractivity contribution in [1.82, 2.24) is 10.3 Å². The number of nitrogens with one attached hydrogen (secondary N) is 1. The Bertz CT molecular complexity index is 606. The third-order valence-corrected chi connectivity index (χ3v) is 3.04.